The Morgan fingerprint density at radius 2 is 2.00 bits per heavy atom. The van der Waals surface area contributed by atoms with Crippen molar-refractivity contribution in [2.75, 3.05) is 0 Å². The number of amides is 2. The van der Waals surface area contributed by atoms with E-state index in [9.17, 15) is 9.59 Å². The molecule has 16 heavy (non-hydrogen) atoms. The Morgan fingerprint density at radius 3 is 2.38 bits per heavy atom. The summed E-state index contributed by atoms with van der Waals surface area (Å²) < 4.78 is 0. The average Bonchev–Trinajstić information content (AvgIpc) is 2.96. The van der Waals surface area contributed by atoms with Gasteiger partial charge in [-0.2, -0.15) is 0 Å². The van der Waals surface area contributed by atoms with Crippen molar-refractivity contribution in [1.29, 1.82) is 0 Å². The first-order valence-corrected chi connectivity index (χ1v) is 5.67. The lowest BCUT2D eigenvalue weighted by atomic mass is 10.0. The molecule has 0 saturated heterocycles. The van der Waals surface area contributed by atoms with Gasteiger partial charge in [-0.3, -0.25) is 0 Å². The minimum absolute atomic E-state index is 0.105. The van der Waals surface area contributed by atoms with Crippen molar-refractivity contribution in [3.8, 4) is 0 Å². The lowest BCUT2D eigenvalue weighted by Crippen LogP contribution is -2.53. The molecule has 0 bridgehead atoms. The van der Waals surface area contributed by atoms with Crippen molar-refractivity contribution in [2.45, 2.75) is 51.6 Å². The number of carbonyl (C=O) groups excluding carboxylic acids is 1. The standard InChI is InChI=1S/C11H20N2O3/c1-4-11(2,3)13-10(16)12-8(9(14)15)7-5-6-7/h7-8H,4-6H2,1-3H3,(H,14,15)(H2,12,13,16). The minimum atomic E-state index is -0.952. The predicted octanol–water partition coefficient (Wildman–Crippen LogP) is 1.34. The minimum Gasteiger partial charge on any atom is -0.480 e. The van der Waals surface area contributed by atoms with Crippen LogP contribution in [0.1, 0.15) is 40.0 Å². The first-order valence-electron chi connectivity index (χ1n) is 5.67. The monoisotopic (exact) mass is 228 g/mol. The van der Waals surface area contributed by atoms with Gasteiger partial charge in [-0.05, 0) is 39.0 Å². The van der Waals surface area contributed by atoms with Gasteiger partial charge in [-0.1, -0.05) is 6.92 Å². The summed E-state index contributed by atoms with van der Waals surface area (Å²) in [6.45, 7) is 5.77. The molecule has 1 aliphatic rings. The van der Waals surface area contributed by atoms with Crippen LogP contribution in [0.4, 0.5) is 4.79 Å². The molecular weight excluding hydrogens is 208 g/mol. The smallest absolute Gasteiger partial charge is 0.326 e. The predicted molar refractivity (Wildman–Crippen MR) is 60.2 cm³/mol. The van der Waals surface area contributed by atoms with Gasteiger partial charge in [-0.15, -0.1) is 0 Å². The van der Waals surface area contributed by atoms with Crippen LogP contribution in [-0.4, -0.2) is 28.7 Å². The highest BCUT2D eigenvalue weighted by atomic mass is 16.4. The van der Waals surface area contributed by atoms with Gasteiger partial charge in [0, 0.05) is 5.54 Å². The number of urea groups is 1. The molecule has 5 nitrogen and oxygen atoms in total. The highest BCUT2D eigenvalue weighted by molar-refractivity contribution is 5.83. The number of carbonyl (C=O) groups is 2. The first-order chi connectivity index (χ1) is 7.35. The molecule has 2 amide bonds. The number of carboxylic acid groups (broad SMARTS) is 1. The second kappa shape index (κ2) is 4.72. The van der Waals surface area contributed by atoms with Crippen molar-refractivity contribution in [3.63, 3.8) is 0 Å². The highest BCUT2D eigenvalue weighted by Gasteiger charge is 2.37. The molecule has 1 aliphatic carbocycles. The van der Waals surface area contributed by atoms with Crippen LogP contribution in [0.15, 0.2) is 0 Å². The number of rotatable bonds is 5. The molecule has 0 aromatic rings. The quantitative estimate of drug-likeness (QED) is 0.664. The number of carboxylic acids is 1. The lowest BCUT2D eigenvalue weighted by Gasteiger charge is -2.25. The van der Waals surface area contributed by atoms with Crippen LogP contribution < -0.4 is 10.6 Å². The maximum absolute atomic E-state index is 11.6. The second-order valence-corrected chi connectivity index (χ2v) is 4.99. The largest absolute Gasteiger partial charge is 0.480 e. The summed E-state index contributed by atoms with van der Waals surface area (Å²) >= 11 is 0. The fraction of sp³-hybridized carbons (Fsp3) is 0.818. The van der Waals surface area contributed by atoms with Gasteiger partial charge < -0.3 is 15.7 Å². The summed E-state index contributed by atoms with van der Waals surface area (Å²) in [5.74, 6) is -0.847. The van der Waals surface area contributed by atoms with E-state index in [1.165, 1.54) is 0 Å². The molecule has 1 atom stereocenters. The molecule has 0 radical (unpaired) electrons. The number of nitrogens with one attached hydrogen (secondary N) is 2. The van der Waals surface area contributed by atoms with Gasteiger partial charge >= 0.3 is 12.0 Å². The zero-order chi connectivity index (χ0) is 12.3. The fourth-order valence-corrected chi connectivity index (χ4v) is 1.38. The summed E-state index contributed by atoms with van der Waals surface area (Å²) in [4.78, 5) is 22.5. The Hall–Kier alpha value is -1.26. The molecule has 0 aliphatic heterocycles. The van der Waals surface area contributed by atoms with Crippen LogP contribution in [0.3, 0.4) is 0 Å². The maximum atomic E-state index is 11.6. The van der Waals surface area contributed by atoms with Crippen molar-refractivity contribution in [3.05, 3.63) is 0 Å². The van der Waals surface area contributed by atoms with Gasteiger partial charge in [0.15, 0.2) is 0 Å². The van der Waals surface area contributed by atoms with E-state index in [2.05, 4.69) is 10.6 Å². The Kier molecular flexibility index (Phi) is 3.78. The maximum Gasteiger partial charge on any atom is 0.326 e. The molecule has 0 spiro atoms. The Balaban J connectivity index is 2.46. The van der Waals surface area contributed by atoms with Crippen LogP contribution in [0, 0.1) is 5.92 Å². The molecule has 0 aromatic carbocycles. The summed E-state index contributed by atoms with van der Waals surface area (Å²) in [5.41, 5.74) is -0.309. The molecule has 92 valence electrons. The zero-order valence-corrected chi connectivity index (χ0v) is 10.0. The molecule has 0 aromatic heterocycles. The second-order valence-electron chi connectivity index (χ2n) is 4.99. The van der Waals surface area contributed by atoms with E-state index in [0.717, 1.165) is 19.3 Å². The fourth-order valence-electron chi connectivity index (χ4n) is 1.38. The third kappa shape index (κ3) is 3.72. The van der Waals surface area contributed by atoms with Crippen LogP contribution in [0.2, 0.25) is 0 Å². The normalized spacial score (nSPS) is 17.7. The zero-order valence-electron chi connectivity index (χ0n) is 10.0. The van der Waals surface area contributed by atoms with E-state index >= 15 is 0 Å². The van der Waals surface area contributed by atoms with Crippen LogP contribution in [0.25, 0.3) is 0 Å². The molecule has 1 unspecified atom stereocenters. The molecule has 3 N–H and O–H groups in total. The van der Waals surface area contributed by atoms with E-state index in [4.69, 9.17) is 5.11 Å². The van der Waals surface area contributed by atoms with Crippen LogP contribution in [-0.2, 0) is 4.79 Å². The van der Waals surface area contributed by atoms with Gasteiger partial charge in [0.25, 0.3) is 0 Å². The SMILES string of the molecule is CCC(C)(C)NC(=O)NC(C(=O)O)C1CC1. The first kappa shape index (κ1) is 12.8. The molecule has 1 saturated carbocycles. The molecular formula is C11H20N2O3. The van der Waals surface area contributed by atoms with E-state index in [-0.39, 0.29) is 11.5 Å². The Morgan fingerprint density at radius 1 is 1.44 bits per heavy atom. The van der Waals surface area contributed by atoms with Gasteiger partial charge in [-0.25, -0.2) is 9.59 Å². The highest BCUT2D eigenvalue weighted by Crippen LogP contribution is 2.32. The van der Waals surface area contributed by atoms with E-state index < -0.39 is 18.0 Å². The number of aliphatic carboxylic acids is 1. The summed E-state index contributed by atoms with van der Waals surface area (Å²) in [6.07, 6.45) is 2.56. The van der Waals surface area contributed by atoms with Crippen LogP contribution >= 0.6 is 0 Å². The van der Waals surface area contributed by atoms with Crippen LogP contribution in [0.5, 0.6) is 0 Å². The van der Waals surface area contributed by atoms with Crippen molar-refractivity contribution in [2.24, 2.45) is 5.92 Å². The van der Waals surface area contributed by atoms with Crippen molar-refractivity contribution in [1.82, 2.24) is 10.6 Å². The lowest BCUT2D eigenvalue weighted by molar-refractivity contribution is -0.139. The summed E-state index contributed by atoms with van der Waals surface area (Å²) in [5, 5.41) is 14.2. The molecule has 0 heterocycles. The number of hydrogen-bond donors (Lipinski definition) is 3. The number of hydrogen-bond acceptors (Lipinski definition) is 2. The van der Waals surface area contributed by atoms with Gasteiger partial charge in [0.1, 0.15) is 6.04 Å². The topological polar surface area (TPSA) is 78.4 Å². The third-order valence-electron chi connectivity index (χ3n) is 2.98. The van der Waals surface area contributed by atoms with Gasteiger partial charge in [0.2, 0.25) is 0 Å². The van der Waals surface area contributed by atoms with Gasteiger partial charge in [0.05, 0.1) is 0 Å². The van der Waals surface area contributed by atoms with E-state index in [1.807, 2.05) is 20.8 Å². The molecule has 1 fully saturated rings. The van der Waals surface area contributed by atoms with Crippen molar-refractivity contribution >= 4 is 12.0 Å². The molecule has 5 heteroatoms. The summed E-state index contributed by atoms with van der Waals surface area (Å²) in [7, 11) is 0. The average molecular weight is 228 g/mol. The molecule has 1 rings (SSSR count). The van der Waals surface area contributed by atoms with Crippen molar-refractivity contribution < 1.29 is 14.7 Å². The Bertz CT molecular complexity index is 285. The van der Waals surface area contributed by atoms with E-state index in [0.29, 0.717) is 0 Å². The Labute approximate surface area is 95.6 Å². The van der Waals surface area contributed by atoms with E-state index in [1.54, 1.807) is 0 Å². The summed E-state index contributed by atoms with van der Waals surface area (Å²) in [6, 6.07) is -1.14. The third-order valence-corrected chi connectivity index (χ3v) is 2.98.